The molecule has 1 aromatic heterocycles. The topological polar surface area (TPSA) is 38.3 Å². The molecule has 1 atom stereocenters. The Morgan fingerprint density at radius 1 is 1.41 bits per heavy atom. The van der Waals surface area contributed by atoms with Gasteiger partial charge in [-0.2, -0.15) is 0 Å². The van der Waals surface area contributed by atoms with E-state index in [4.69, 9.17) is 4.74 Å². The number of carbonyl (C=O) groups is 1. The van der Waals surface area contributed by atoms with E-state index in [0.29, 0.717) is 18.2 Å². The zero-order valence-electron chi connectivity index (χ0n) is 12.8. The van der Waals surface area contributed by atoms with Crippen LogP contribution in [0.25, 0.3) is 0 Å². The molecule has 1 unspecified atom stereocenters. The molecule has 22 heavy (non-hydrogen) atoms. The highest BCUT2D eigenvalue weighted by molar-refractivity contribution is 9.10. The van der Waals surface area contributed by atoms with Crippen LogP contribution in [0.2, 0.25) is 0 Å². The predicted octanol–water partition coefficient (Wildman–Crippen LogP) is 4.72. The van der Waals surface area contributed by atoms with E-state index in [0.717, 1.165) is 15.8 Å². The van der Waals surface area contributed by atoms with Gasteiger partial charge in [0.15, 0.2) is 6.61 Å². The summed E-state index contributed by atoms with van der Waals surface area (Å²) in [6.45, 7) is 4.93. The lowest BCUT2D eigenvalue weighted by Crippen LogP contribution is -2.28. The molecule has 5 heteroatoms. The van der Waals surface area contributed by atoms with Crippen molar-refractivity contribution >= 4 is 33.2 Å². The average molecular weight is 382 g/mol. The summed E-state index contributed by atoms with van der Waals surface area (Å²) >= 11 is 5.14. The van der Waals surface area contributed by atoms with Crippen molar-refractivity contribution in [2.75, 3.05) is 6.61 Å². The molecule has 0 saturated carbocycles. The van der Waals surface area contributed by atoms with Crippen molar-refractivity contribution in [3.05, 3.63) is 50.6 Å². The minimum Gasteiger partial charge on any atom is -0.483 e. The SMILES string of the molecule is CCC(C)c1ccc(OCC(=O)NCc2cccs2)c(Br)c1. The van der Waals surface area contributed by atoms with Gasteiger partial charge in [-0.1, -0.05) is 26.0 Å². The number of benzene rings is 1. The molecule has 0 aliphatic rings. The summed E-state index contributed by atoms with van der Waals surface area (Å²) in [5, 5.41) is 4.84. The van der Waals surface area contributed by atoms with Gasteiger partial charge in [-0.3, -0.25) is 4.79 Å². The van der Waals surface area contributed by atoms with Gasteiger partial charge >= 0.3 is 0 Å². The molecule has 0 radical (unpaired) electrons. The molecule has 2 aromatic rings. The quantitative estimate of drug-likeness (QED) is 0.753. The van der Waals surface area contributed by atoms with Crippen molar-refractivity contribution < 1.29 is 9.53 Å². The normalized spacial score (nSPS) is 12.0. The first kappa shape index (κ1) is 17.0. The van der Waals surface area contributed by atoms with Crippen LogP contribution in [0.5, 0.6) is 5.75 Å². The fourth-order valence-corrected chi connectivity index (χ4v) is 3.13. The molecule has 0 saturated heterocycles. The first-order chi connectivity index (χ1) is 10.6. The number of nitrogens with one attached hydrogen (secondary N) is 1. The third-order valence-electron chi connectivity index (χ3n) is 3.54. The highest BCUT2D eigenvalue weighted by Gasteiger charge is 2.09. The molecule has 0 aliphatic carbocycles. The fourth-order valence-electron chi connectivity index (χ4n) is 1.97. The van der Waals surface area contributed by atoms with Crippen LogP contribution in [0, 0.1) is 0 Å². The van der Waals surface area contributed by atoms with E-state index in [-0.39, 0.29) is 12.5 Å². The molecule has 118 valence electrons. The van der Waals surface area contributed by atoms with Crippen molar-refractivity contribution in [3.8, 4) is 5.75 Å². The molecule has 0 spiro atoms. The summed E-state index contributed by atoms with van der Waals surface area (Å²) in [6.07, 6.45) is 1.10. The summed E-state index contributed by atoms with van der Waals surface area (Å²) < 4.78 is 6.47. The maximum atomic E-state index is 11.8. The van der Waals surface area contributed by atoms with Gasteiger partial charge in [0.1, 0.15) is 5.75 Å². The second kappa shape index (κ2) is 8.34. The van der Waals surface area contributed by atoms with Crippen LogP contribution in [0.4, 0.5) is 0 Å². The van der Waals surface area contributed by atoms with Gasteiger partial charge in [-0.15, -0.1) is 11.3 Å². The molecule has 2 rings (SSSR count). The largest absolute Gasteiger partial charge is 0.483 e. The lowest BCUT2D eigenvalue weighted by Gasteiger charge is -2.13. The minimum atomic E-state index is -0.119. The lowest BCUT2D eigenvalue weighted by atomic mass is 9.99. The average Bonchev–Trinajstić information content (AvgIpc) is 3.04. The van der Waals surface area contributed by atoms with Gasteiger partial charge in [0.25, 0.3) is 5.91 Å². The van der Waals surface area contributed by atoms with Crippen molar-refractivity contribution in [1.29, 1.82) is 0 Å². The molecule has 0 aliphatic heterocycles. The van der Waals surface area contributed by atoms with E-state index in [1.165, 1.54) is 5.56 Å². The van der Waals surface area contributed by atoms with Crippen LogP contribution in [0.15, 0.2) is 40.2 Å². The van der Waals surface area contributed by atoms with Crippen molar-refractivity contribution in [2.45, 2.75) is 32.7 Å². The first-order valence-electron chi connectivity index (χ1n) is 7.31. The van der Waals surface area contributed by atoms with E-state index in [2.05, 4.69) is 47.2 Å². The molecule has 1 aromatic carbocycles. The Labute approximate surface area is 143 Å². The van der Waals surface area contributed by atoms with E-state index in [9.17, 15) is 4.79 Å². The third kappa shape index (κ3) is 4.85. The van der Waals surface area contributed by atoms with E-state index in [1.807, 2.05) is 23.6 Å². The molecular weight excluding hydrogens is 362 g/mol. The Morgan fingerprint density at radius 2 is 2.23 bits per heavy atom. The van der Waals surface area contributed by atoms with Gasteiger partial charge in [0, 0.05) is 4.88 Å². The number of rotatable bonds is 7. The number of thiophene rings is 1. The summed E-state index contributed by atoms with van der Waals surface area (Å²) in [4.78, 5) is 12.9. The maximum absolute atomic E-state index is 11.8. The van der Waals surface area contributed by atoms with Crippen LogP contribution in [0.1, 0.15) is 36.6 Å². The van der Waals surface area contributed by atoms with Crippen molar-refractivity contribution in [1.82, 2.24) is 5.32 Å². The van der Waals surface area contributed by atoms with E-state index >= 15 is 0 Å². The molecule has 0 bridgehead atoms. The Balaban J connectivity index is 1.84. The van der Waals surface area contributed by atoms with Crippen molar-refractivity contribution in [3.63, 3.8) is 0 Å². The van der Waals surface area contributed by atoms with E-state index in [1.54, 1.807) is 11.3 Å². The zero-order valence-corrected chi connectivity index (χ0v) is 15.2. The number of carbonyl (C=O) groups excluding carboxylic acids is 1. The molecule has 0 fully saturated rings. The minimum absolute atomic E-state index is 0.0205. The summed E-state index contributed by atoms with van der Waals surface area (Å²) in [7, 11) is 0. The van der Waals surface area contributed by atoms with Crippen LogP contribution in [-0.4, -0.2) is 12.5 Å². The Kier molecular flexibility index (Phi) is 6.46. The zero-order chi connectivity index (χ0) is 15.9. The summed E-state index contributed by atoms with van der Waals surface area (Å²) in [5.41, 5.74) is 1.27. The van der Waals surface area contributed by atoms with Crippen molar-refractivity contribution in [2.24, 2.45) is 0 Å². The highest BCUT2D eigenvalue weighted by atomic mass is 79.9. The van der Waals surface area contributed by atoms with Crippen LogP contribution < -0.4 is 10.1 Å². The fraction of sp³-hybridized carbons (Fsp3) is 0.353. The van der Waals surface area contributed by atoms with E-state index < -0.39 is 0 Å². The monoisotopic (exact) mass is 381 g/mol. The third-order valence-corrected chi connectivity index (χ3v) is 5.03. The second-order valence-corrected chi connectivity index (χ2v) is 7.03. The molecule has 1 amide bonds. The number of amides is 1. The van der Waals surface area contributed by atoms with Crippen LogP contribution in [-0.2, 0) is 11.3 Å². The van der Waals surface area contributed by atoms with Gasteiger partial charge in [0.2, 0.25) is 0 Å². The summed E-state index contributed by atoms with van der Waals surface area (Å²) in [6, 6.07) is 10.00. The standard InChI is InChI=1S/C17H20BrNO2S/c1-3-12(2)13-6-7-16(15(18)9-13)21-11-17(20)19-10-14-5-4-8-22-14/h4-9,12H,3,10-11H2,1-2H3,(H,19,20). The number of hydrogen-bond acceptors (Lipinski definition) is 3. The molecule has 1 heterocycles. The van der Waals surface area contributed by atoms with Gasteiger partial charge in [-0.25, -0.2) is 0 Å². The first-order valence-corrected chi connectivity index (χ1v) is 8.98. The Morgan fingerprint density at radius 3 is 2.86 bits per heavy atom. The van der Waals surface area contributed by atoms with Crippen LogP contribution in [0.3, 0.4) is 0 Å². The van der Waals surface area contributed by atoms with Gasteiger partial charge in [0.05, 0.1) is 11.0 Å². The lowest BCUT2D eigenvalue weighted by molar-refractivity contribution is -0.123. The van der Waals surface area contributed by atoms with Gasteiger partial charge < -0.3 is 10.1 Å². The summed E-state index contributed by atoms with van der Waals surface area (Å²) in [5.74, 6) is 1.09. The number of hydrogen-bond donors (Lipinski definition) is 1. The highest BCUT2D eigenvalue weighted by Crippen LogP contribution is 2.30. The predicted molar refractivity (Wildman–Crippen MR) is 94.5 cm³/mol. The molecule has 1 N–H and O–H groups in total. The molecular formula is C17H20BrNO2S. The number of ether oxygens (including phenoxy) is 1. The Bertz CT molecular complexity index is 613. The molecule has 3 nitrogen and oxygen atoms in total. The Hall–Kier alpha value is -1.33. The van der Waals surface area contributed by atoms with Gasteiger partial charge in [-0.05, 0) is 57.4 Å². The number of halogens is 1. The maximum Gasteiger partial charge on any atom is 0.258 e. The smallest absolute Gasteiger partial charge is 0.258 e. The second-order valence-electron chi connectivity index (χ2n) is 5.14. The van der Waals surface area contributed by atoms with Crippen LogP contribution >= 0.6 is 27.3 Å².